The van der Waals surface area contributed by atoms with Crippen molar-refractivity contribution in [3.8, 4) is 0 Å². The Hall–Kier alpha value is -0.520. The lowest BCUT2D eigenvalue weighted by atomic mass is 10.2. The smallest absolute Gasteiger partial charge is 0.246 e. The van der Waals surface area contributed by atoms with Crippen molar-refractivity contribution in [1.82, 2.24) is 5.06 Å². The molecule has 1 saturated heterocycles. The van der Waals surface area contributed by atoms with E-state index >= 15 is 0 Å². The lowest BCUT2D eigenvalue weighted by Crippen LogP contribution is -2.31. The third-order valence-electron chi connectivity index (χ3n) is 2.91. The van der Waals surface area contributed by atoms with Crippen LogP contribution in [0.3, 0.4) is 0 Å². The molecule has 1 heterocycles. The molecule has 1 aliphatic rings. The fraction of sp³-hybridized carbons (Fsp3) is 0.462. The monoisotopic (exact) mass is 329 g/mol. The predicted molar refractivity (Wildman–Crippen MR) is 77.1 cm³/mol. The van der Waals surface area contributed by atoms with Crippen molar-refractivity contribution in [1.29, 1.82) is 0 Å². The van der Waals surface area contributed by atoms with E-state index in [0.29, 0.717) is 13.0 Å². The van der Waals surface area contributed by atoms with Crippen LogP contribution in [0.5, 0.6) is 0 Å². The molecule has 1 atom stereocenters. The first-order chi connectivity index (χ1) is 8.66. The van der Waals surface area contributed by atoms with Crippen molar-refractivity contribution < 1.29 is 9.63 Å². The van der Waals surface area contributed by atoms with Crippen LogP contribution in [-0.2, 0) is 9.63 Å². The standard InChI is InChI=1S/C13H16BrNO2S/c14-11-7-5-10(6-8-11)13(18)17-15-9-3-1-2-4-12(15)16/h5-8,13,18H,1-4,9H2. The minimum Gasteiger partial charge on any atom is -0.273 e. The van der Waals surface area contributed by atoms with Gasteiger partial charge in [-0.15, -0.1) is 12.6 Å². The van der Waals surface area contributed by atoms with E-state index in [9.17, 15) is 4.79 Å². The van der Waals surface area contributed by atoms with Gasteiger partial charge in [0, 0.05) is 17.4 Å². The third-order valence-corrected chi connectivity index (χ3v) is 3.83. The molecule has 5 heteroatoms. The molecule has 1 fully saturated rings. The van der Waals surface area contributed by atoms with Crippen molar-refractivity contribution >= 4 is 34.5 Å². The highest BCUT2D eigenvalue weighted by Crippen LogP contribution is 2.25. The molecule has 2 rings (SSSR count). The second kappa shape index (κ2) is 6.59. The Morgan fingerprint density at radius 2 is 1.94 bits per heavy atom. The normalized spacial score (nSPS) is 18.6. The number of hydrogen-bond acceptors (Lipinski definition) is 3. The van der Waals surface area contributed by atoms with Gasteiger partial charge in [-0.25, -0.2) is 5.06 Å². The van der Waals surface area contributed by atoms with E-state index in [-0.39, 0.29) is 5.91 Å². The zero-order chi connectivity index (χ0) is 13.0. The summed E-state index contributed by atoms with van der Waals surface area (Å²) in [6.45, 7) is 0.659. The number of nitrogens with zero attached hydrogens (tertiary/aromatic N) is 1. The molecule has 0 spiro atoms. The zero-order valence-electron chi connectivity index (χ0n) is 10.0. The van der Waals surface area contributed by atoms with Gasteiger partial charge in [0.15, 0.2) is 5.44 Å². The number of carbonyl (C=O) groups is 1. The summed E-state index contributed by atoms with van der Waals surface area (Å²) in [7, 11) is 0. The van der Waals surface area contributed by atoms with E-state index < -0.39 is 5.44 Å². The minimum absolute atomic E-state index is 0.0589. The fourth-order valence-electron chi connectivity index (χ4n) is 1.88. The largest absolute Gasteiger partial charge is 0.273 e. The summed E-state index contributed by atoms with van der Waals surface area (Å²) in [4.78, 5) is 17.4. The summed E-state index contributed by atoms with van der Waals surface area (Å²) >= 11 is 7.79. The van der Waals surface area contributed by atoms with Crippen LogP contribution in [0.15, 0.2) is 28.7 Å². The van der Waals surface area contributed by atoms with E-state index in [1.54, 1.807) is 0 Å². The van der Waals surface area contributed by atoms with Gasteiger partial charge in [0.05, 0.1) is 0 Å². The molecule has 0 aliphatic carbocycles. The summed E-state index contributed by atoms with van der Waals surface area (Å²) in [5.41, 5.74) is 0.540. The molecule has 1 aromatic carbocycles. The predicted octanol–water partition coefficient (Wildman–Crippen LogP) is 3.71. The molecule has 0 radical (unpaired) electrons. The molecule has 1 aromatic rings. The fourth-order valence-corrected chi connectivity index (χ4v) is 2.43. The molecule has 98 valence electrons. The molecule has 0 bridgehead atoms. The van der Waals surface area contributed by atoms with Crippen LogP contribution in [0, 0.1) is 0 Å². The number of hydrogen-bond donors (Lipinski definition) is 1. The van der Waals surface area contributed by atoms with Gasteiger partial charge < -0.3 is 0 Å². The van der Waals surface area contributed by atoms with E-state index in [1.165, 1.54) is 5.06 Å². The number of carbonyl (C=O) groups excluding carboxylic acids is 1. The van der Waals surface area contributed by atoms with E-state index in [0.717, 1.165) is 29.3 Å². The average Bonchev–Trinajstić information content (AvgIpc) is 2.56. The minimum atomic E-state index is -0.403. The Morgan fingerprint density at radius 3 is 2.67 bits per heavy atom. The van der Waals surface area contributed by atoms with Gasteiger partial charge in [0.1, 0.15) is 0 Å². The molecule has 0 aromatic heterocycles. The van der Waals surface area contributed by atoms with Crippen LogP contribution in [-0.4, -0.2) is 17.5 Å². The molecular formula is C13H16BrNO2S. The maximum atomic E-state index is 11.8. The highest BCUT2D eigenvalue weighted by atomic mass is 79.9. The summed E-state index contributed by atoms with van der Waals surface area (Å²) in [6.07, 6.45) is 3.60. The van der Waals surface area contributed by atoms with Gasteiger partial charge in [-0.2, -0.15) is 0 Å². The van der Waals surface area contributed by atoms with Crippen LogP contribution < -0.4 is 0 Å². The first kappa shape index (κ1) is 13.9. The molecule has 1 unspecified atom stereocenters. The van der Waals surface area contributed by atoms with Crippen molar-refractivity contribution in [2.24, 2.45) is 0 Å². The Kier molecular flexibility index (Phi) is 5.09. The second-order valence-electron chi connectivity index (χ2n) is 4.32. The lowest BCUT2D eigenvalue weighted by Gasteiger charge is -2.23. The van der Waals surface area contributed by atoms with Gasteiger partial charge in [-0.05, 0) is 30.5 Å². The Morgan fingerprint density at radius 1 is 1.22 bits per heavy atom. The Labute approximate surface area is 121 Å². The van der Waals surface area contributed by atoms with Crippen molar-refractivity contribution in [2.45, 2.75) is 31.1 Å². The Balaban J connectivity index is 1.99. The third kappa shape index (κ3) is 3.73. The van der Waals surface area contributed by atoms with Gasteiger partial charge in [-0.1, -0.05) is 34.5 Å². The van der Waals surface area contributed by atoms with E-state index in [4.69, 9.17) is 4.84 Å². The Bertz CT molecular complexity index is 410. The molecule has 18 heavy (non-hydrogen) atoms. The first-order valence-corrected chi connectivity index (χ1v) is 7.38. The summed E-state index contributed by atoms with van der Waals surface area (Å²) in [5, 5.41) is 1.46. The molecule has 0 N–H and O–H groups in total. The summed E-state index contributed by atoms with van der Waals surface area (Å²) in [5.74, 6) is 0.0589. The second-order valence-corrected chi connectivity index (χ2v) is 5.70. The van der Waals surface area contributed by atoms with Crippen LogP contribution in [0.2, 0.25) is 0 Å². The highest BCUT2D eigenvalue weighted by molar-refractivity contribution is 9.10. The SMILES string of the molecule is O=C1CCCCCN1OC(S)c1ccc(Br)cc1. The van der Waals surface area contributed by atoms with E-state index in [1.807, 2.05) is 24.3 Å². The maximum absolute atomic E-state index is 11.8. The summed E-state index contributed by atoms with van der Waals surface area (Å²) < 4.78 is 1.01. The quantitative estimate of drug-likeness (QED) is 0.676. The maximum Gasteiger partial charge on any atom is 0.246 e. The highest BCUT2D eigenvalue weighted by Gasteiger charge is 2.20. The van der Waals surface area contributed by atoms with Crippen molar-refractivity contribution in [3.05, 3.63) is 34.3 Å². The number of benzene rings is 1. The zero-order valence-corrected chi connectivity index (χ0v) is 12.5. The van der Waals surface area contributed by atoms with Gasteiger partial charge in [0.2, 0.25) is 5.91 Å². The first-order valence-electron chi connectivity index (χ1n) is 6.07. The van der Waals surface area contributed by atoms with Gasteiger partial charge in [0.25, 0.3) is 0 Å². The van der Waals surface area contributed by atoms with Crippen LogP contribution in [0.4, 0.5) is 0 Å². The molecule has 1 amide bonds. The topological polar surface area (TPSA) is 29.5 Å². The average molecular weight is 330 g/mol. The molecule has 0 saturated carbocycles. The van der Waals surface area contributed by atoms with Crippen molar-refractivity contribution in [3.63, 3.8) is 0 Å². The molecular weight excluding hydrogens is 314 g/mol. The van der Waals surface area contributed by atoms with Crippen LogP contribution in [0.1, 0.15) is 36.7 Å². The number of thiol groups is 1. The van der Waals surface area contributed by atoms with Crippen LogP contribution >= 0.6 is 28.6 Å². The number of halogens is 1. The molecule has 3 nitrogen and oxygen atoms in total. The van der Waals surface area contributed by atoms with Gasteiger partial charge in [-0.3, -0.25) is 9.63 Å². The lowest BCUT2D eigenvalue weighted by molar-refractivity contribution is -0.191. The van der Waals surface area contributed by atoms with E-state index in [2.05, 4.69) is 28.6 Å². The number of hydroxylamine groups is 2. The number of amides is 1. The number of rotatable bonds is 3. The van der Waals surface area contributed by atoms with Crippen molar-refractivity contribution in [2.75, 3.05) is 6.54 Å². The molecule has 1 aliphatic heterocycles. The van der Waals surface area contributed by atoms with Gasteiger partial charge >= 0.3 is 0 Å². The van der Waals surface area contributed by atoms with Crippen LogP contribution in [0.25, 0.3) is 0 Å². The summed E-state index contributed by atoms with van der Waals surface area (Å²) in [6, 6.07) is 7.74.